The molecule has 4 nitrogen and oxygen atoms in total. The first-order chi connectivity index (χ1) is 9.79. The Labute approximate surface area is 123 Å². The van der Waals surface area contributed by atoms with Gasteiger partial charge in [0, 0.05) is 13.6 Å². The van der Waals surface area contributed by atoms with Crippen molar-refractivity contribution in [2.24, 2.45) is 0 Å². The first-order valence-corrected chi connectivity index (χ1v) is 6.27. The molecule has 1 aromatic carbocycles. The van der Waals surface area contributed by atoms with Crippen LogP contribution in [0.2, 0.25) is 5.02 Å². The fourth-order valence-corrected chi connectivity index (χ4v) is 2.03. The second kappa shape index (κ2) is 5.77. The minimum atomic E-state index is -4.36. The van der Waals surface area contributed by atoms with Crippen LogP contribution in [-0.2, 0) is 12.7 Å². The number of anilines is 1. The molecule has 0 bridgehead atoms. The Morgan fingerprint density at radius 2 is 1.90 bits per heavy atom. The Hall–Kier alpha value is -2.02. The third-order valence-corrected chi connectivity index (χ3v) is 3.25. The second-order valence-electron chi connectivity index (χ2n) is 4.45. The molecule has 2 rings (SSSR count). The van der Waals surface area contributed by atoms with Gasteiger partial charge in [-0.05, 0) is 17.7 Å². The Balaban J connectivity index is 2.18. The number of nitrogens with zero attached hydrogens (tertiary/aromatic N) is 2. The highest BCUT2D eigenvalue weighted by molar-refractivity contribution is 6.32. The molecule has 0 fully saturated rings. The van der Waals surface area contributed by atoms with E-state index in [9.17, 15) is 18.0 Å². The number of H-pyrrole nitrogens is 1. The van der Waals surface area contributed by atoms with E-state index in [1.807, 2.05) is 0 Å². The van der Waals surface area contributed by atoms with Gasteiger partial charge >= 0.3 is 6.18 Å². The van der Waals surface area contributed by atoms with Crippen LogP contribution in [0.25, 0.3) is 0 Å². The third-order valence-electron chi connectivity index (χ3n) is 2.89. The first kappa shape index (κ1) is 15.4. The van der Waals surface area contributed by atoms with Gasteiger partial charge in [-0.15, -0.1) is 0 Å². The predicted molar refractivity (Wildman–Crippen MR) is 73.4 cm³/mol. The summed E-state index contributed by atoms with van der Waals surface area (Å²) in [5, 5.41) is 5.82. The van der Waals surface area contributed by atoms with Crippen molar-refractivity contribution in [3.8, 4) is 0 Å². The van der Waals surface area contributed by atoms with Crippen LogP contribution in [0.15, 0.2) is 35.3 Å². The highest BCUT2D eigenvalue weighted by Crippen LogP contribution is 2.29. The Kier molecular flexibility index (Phi) is 4.22. The molecule has 112 valence electrons. The molecular weight excluding hydrogens is 307 g/mol. The Morgan fingerprint density at radius 1 is 1.29 bits per heavy atom. The van der Waals surface area contributed by atoms with E-state index in [0.29, 0.717) is 17.8 Å². The molecular formula is C13H11ClF3N3O. The third kappa shape index (κ3) is 3.55. The lowest BCUT2D eigenvalue weighted by atomic mass is 10.1. The standard InChI is InChI=1S/C13H11ClF3N3O/c1-20(10-6-18-19-12(21)11(10)14)7-8-2-4-9(5-3-8)13(15,16)17/h2-6H,7H2,1H3,(H,19,21). The van der Waals surface area contributed by atoms with Gasteiger partial charge in [0.1, 0.15) is 5.02 Å². The summed E-state index contributed by atoms with van der Waals surface area (Å²) in [7, 11) is 1.67. The summed E-state index contributed by atoms with van der Waals surface area (Å²) in [6.07, 6.45) is -2.97. The molecule has 1 heterocycles. The largest absolute Gasteiger partial charge is 0.416 e. The van der Waals surface area contributed by atoms with Crippen molar-refractivity contribution in [3.05, 3.63) is 57.0 Å². The zero-order valence-electron chi connectivity index (χ0n) is 10.9. The summed E-state index contributed by atoms with van der Waals surface area (Å²) < 4.78 is 37.4. The average Bonchev–Trinajstić information content (AvgIpc) is 2.41. The number of alkyl halides is 3. The molecule has 0 aliphatic rings. The van der Waals surface area contributed by atoms with Crippen LogP contribution in [0, 0.1) is 0 Å². The van der Waals surface area contributed by atoms with Crippen molar-refractivity contribution < 1.29 is 13.2 Å². The molecule has 0 spiro atoms. The molecule has 0 atom stereocenters. The van der Waals surface area contributed by atoms with E-state index in [1.165, 1.54) is 18.3 Å². The van der Waals surface area contributed by atoms with Gasteiger partial charge in [-0.25, -0.2) is 5.10 Å². The quantitative estimate of drug-likeness (QED) is 0.946. The van der Waals surface area contributed by atoms with Gasteiger partial charge in [0.2, 0.25) is 0 Å². The average molecular weight is 318 g/mol. The van der Waals surface area contributed by atoms with Gasteiger partial charge in [-0.1, -0.05) is 23.7 Å². The molecule has 1 aromatic heterocycles. The van der Waals surface area contributed by atoms with Crippen LogP contribution in [0.1, 0.15) is 11.1 Å². The van der Waals surface area contributed by atoms with Gasteiger partial charge in [0.05, 0.1) is 17.4 Å². The number of aromatic amines is 1. The number of rotatable bonds is 3. The van der Waals surface area contributed by atoms with E-state index in [1.54, 1.807) is 11.9 Å². The van der Waals surface area contributed by atoms with Gasteiger partial charge < -0.3 is 4.90 Å². The van der Waals surface area contributed by atoms with E-state index >= 15 is 0 Å². The van der Waals surface area contributed by atoms with Crippen LogP contribution in [0.5, 0.6) is 0 Å². The van der Waals surface area contributed by atoms with Gasteiger partial charge in [-0.3, -0.25) is 4.79 Å². The molecule has 2 aromatic rings. The van der Waals surface area contributed by atoms with Gasteiger partial charge in [0.15, 0.2) is 0 Å². The summed E-state index contributed by atoms with van der Waals surface area (Å²) in [6.45, 7) is 0.295. The Morgan fingerprint density at radius 3 is 2.48 bits per heavy atom. The molecule has 21 heavy (non-hydrogen) atoms. The summed E-state index contributed by atoms with van der Waals surface area (Å²) >= 11 is 5.87. The number of halogens is 4. The van der Waals surface area contributed by atoms with Crippen molar-refractivity contribution >= 4 is 17.3 Å². The normalized spacial score (nSPS) is 11.5. The number of benzene rings is 1. The molecule has 0 saturated heterocycles. The summed E-state index contributed by atoms with van der Waals surface area (Å²) in [6, 6.07) is 4.79. The summed E-state index contributed by atoms with van der Waals surface area (Å²) in [5.74, 6) is 0. The van der Waals surface area contributed by atoms with Crippen LogP contribution in [0.4, 0.5) is 18.9 Å². The molecule has 0 aliphatic heterocycles. The van der Waals surface area contributed by atoms with Crippen molar-refractivity contribution in [3.63, 3.8) is 0 Å². The number of nitrogens with one attached hydrogen (secondary N) is 1. The SMILES string of the molecule is CN(Cc1ccc(C(F)(F)F)cc1)c1cn[nH]c(=O)c1Cl. The minimum Gasteiger partial charge on any atom is -0.368 e. The maximum absolute atomic E-state index is 12.5. The smallest absolute Gasteiger partial charge is 0.368 e. The highest BCUT2D eigenvalue weighted by atomic mass is 35.5. The zero-order valence-corrected chi connectivity index (χ0v) is 11.7. The van der Waals surface area contributed by atoms with Crippen LogP contribution in [-0.4, -0.2) is 17.2 Å². The second-order valence-corrected chi connectivity index (χ2v) is 4.83. The van der Waals surface area contributed by atoms with Crippen molar-refractivity contribution in [2.75, 3.05) is 11.9 Å². The summed E-state index contributed by atoms with van der Waals surface area (Å²) in [5.41, 5.74) is -0.166. The highest BCUT2D eigenvalue weighted by Gasteiger charge is 2.29. The summed E-state index contributed by atoms with van der Waals surface area (Å²) in [4.78, 5) is 13.0. The first-order valence-electron chi connectivity index (χ1n) is 5.89. The molecule has 0 saturated carbocycles. The van der Waals surface area contributed by atoms with Crippen LogP contribution >= 0.6 is 11.6 Å². The molecule has 0 radical (unpaired) electrons. The van der Waals surface area contributed by atoms with E-state index in [-0.39, 0.29) is 5.02 Å². The van der Waals surface area contributed by atoms with Crippen LogP contribution < -0.4 is 10.5 Å². The Bertz CT molecular complexity index is 682. The lowest BCUT2D eigenvalue weighted by Crippen LogP contribution is -2.21. The molecule has 0 amide bonds. The van der Waals surface area contributed by atoms with E-state index in [4.69, 9.17) is 11.6 Å². The topological polar surface area (TPSA) is 49.0 Å². The number of hydrogen-bond donors (Lipinski definition) is 1. The predicted octanol–water partition coefficient (Wildman–Crippen LogP) is 3.08. The van der Waals surface area contributed by atoms with Gasteiger partial charge in [-0.2, -0.15) is 18.3 Å². The maximum Gasteiger partial charge on any atom is 0.416 e. The molecule has 1 N–H and O–H groups in total. The fraction of sp³-hybridized carbons (Fsp3) is 0.231. The zero-order chi connectivity index (χ0) is 15.6. The van der Waals surface area contributed by atoms with Gasteiger partial charge in [0.25, 0.3) is 5.56 Å². The van der Waals surface area contributed by atoms with Crippen molar-refractivity contribution in [2.45, 2.75) is 12.7 Å². The van der Waals surface area contributed by atoms with Crippen molar-refractivity contribution in [1.82, 2.24) is 10.2 Å². The molecule has 0 unspecified atom stereocenters. The maximum atomic E-state index is 12.5. The van der Waals surface area contributed by atoms with E-state index in [0.717, 1.165) is 12.1 Å². The molecule has 0 aliphatic carbocycles. The lowest BCUT2D eigenvalue weighted by molar-refractivity contribution is -0.137. The van der Waals surface area contributed by atoms with Crippen LogP contribution in [0.3, 0.4) is 0 Å². The minimum absolute atomic E-state index is 0.0144. The van der Waals surface area contributed by atoms with E-state index in [2.05, 4.69) is 10.2 Å². The molecule has 8 heteroatoms. The fourth-order valence-electron chi connectivity index (χ4n) is 1.80. The number of hydrogen-bond acceptors (Lipinski definition) is 3. The monoisotopic (exact) mass is 317 g/mol. The van der Waals surface area contributed by atoms with E-state index < -0.39 is 17.3 Å². The van der Waals surface area contributed by atoms with Crippen molar-refractivity contribution in [1.29, 1.82) is 0 Å². The number of aromatic nitrogens is 2. The lowest BCUT2D eigenvalue weighted by Gasteiger charge is -2.19.